The van der Waals surface area contributed by atoms with E-state index in [1.165, 1.54) is 22.2 Å². The first-order valence-electron chi connectivity index (χ1n) is 7.46. The number of benzene rings is 1. The molecule has 0 unspecified atom stereocenters. The fourth-order valence-corrected chi connectivity index (χ4v) is 3.62. The third-order valence-corrected chi connectivity index (χ3v) is 4.97. The second-order valence-corrected chi connectivity index (χ2v) is 6.79. The molecule has 0 aliphatic heterocycles. The van der Waals surface area contributed by atoms with Crippen LogP contribution < -0.4 is 10.3 Å². The zero-order valence-electron chi connectivity index (χ0n) is 13.2. The fraction of sp³-hybridized carbons (Fsp3) is 0.176. The molecule has 0 saturated heterocycles. The number of ether oxygens (including phenoxy) is 1. The van der Waals surface area contributed by atoms with Crippen LogP contribution in [0.3, 0.4) is 0 Å². The Balaban J connectivity index is 1.76. The van der Waals surface area contributed by atoms with Crippen LogP contribution in [0, 0.1) is 15.3 Å². The lowest BCUT2D eigenvalue weighted by Gasteiger charge is -2.08. The summed E-state index contributed by atoms with van der Waals surface area (Å²) in [5.41, 5.74) is 1.03. The largest absolute Gasteiger partial charge is 0.492 e. The van der Waals surface area contributed by atoms with Crippen LogP contribution in [0.4, 0.5) is 0 Å². The number of rotatable bonds is 6. The second-order valence-electron chi connectivity index (χ2n) is 5.15. The molecule has 0 N–H and O–H groups in total. The molecule has 2 heterocycles. The van der Waals surface area contributed by atoms with Crippen LogP contribution in [-0.4, -0.2) is 20.7 Å². The summed E-state index contributed by atoms with van der Waals surface area (Å²) in [5, 5.41) is 8.78. The highest BCUT2D eigenvalue weighted by molar-refractivity contribution is 7.73. The molecule has 0 spiro atoms. The Bertz CT molecular complexity index is 1070. The van der Waals surface area contributed by atoms with Gasteiger partial charge in [0.25, 0.3) is 5.56 Å². The number of hydrogen-bond acceptors (Lipinski definition) is 6. The molecule has 0 saturated carbocycles. The van der Waals surface area contributed by atoms with Gasteiger partial charge in [0, 0.05) is 6.54 Å². The number of aromatic nitrogens is 3. The van der Waals surface area contributed by atoms with E-state index in [-0.39, 0.29) is 5.56 Å². The van der Waals surface area contributed by atoms with Gasteiger partial charge < -0.3 is 9.30 Å². The number of nitriles is 1. The Labute approximate surface area is 152 Å². The molecular formula is C17H14N4O2S2. The van der Waals surface area contributed by atoms with E-state index in [2.05, 4.69) is 17.6 Å². The summed E-state index contributed by atoms with van der Waals surface area (Å²) in [6, 6.07) is 8.87. The molecule has 6 nitrogen and oxygen atoms in total. The van der Waals surface area contributed by atoms with Crippen molar-refractivity contribution in [2.75, 3.05) is 6.61 Å². The molecule has 0 radical (unpaired) electrons. The maximum Gasteiger partial charge on any atom is 0.273 e. The van der Waals surface area contributed by atoms with Gasteiger partial charge in [-0.2, -0.15) is 5.26 Å². The average molecular weight is 370 g/mol. The molecule has 0 bridgehead atoms. The van der Waals surface area contributed by atoms with E-state index in [9.17, 15) is 4.79 Å². The van der Waals surface area contributed by atoms with Crippen LogP contribution >= 0.6 is 23.6 Å². The Kier molecular flexibility index (Phi) is 5.07. The smallest absolute Gasteiger partial charge is 0.273 e. The van der Waals surface area contributed by atoms with Crippen molar-refractivity contribution < 1.29 is 4.74 Å². The standard InChI is InChI=1S/C17H14N4O2S2/c1-2-7-21-15-14(25-17(21)24)16(22)20(11-19-15)8-9-23-13-5-3-12(10-18)4-6-13/h2-6,11H,1,7-9H2. The highest BCUT2D eigenvalue weighted by Gasteiger charge is 2.11. The molecule has 0 fully saturated rings. The minimum Gasteiger partial charge on any atom is -0.492 e. The Morgan fingerprint density at radius 1 is 1.40 bits per heavy atom. The van der Waals surface area contributed by atoms with Gasteiger partial charge in [0.1, 0.15) is 23.4 Å². The van der Waals surface area contributed by atoms with Gasteiger partial charge in [0.15, 0.2) is 9.60 Å². The van der Waals surface area contributed by atoms with Gasteiger partial charge >= 0.3 is 0 Å². The van der Waals surface area contributed by atoms with Crippen molar-refractivity contribution in [1.82, 2.24) is 14.1 Å². The zero-order valence-corrected chi connectivity index (χ0v) is 14.8. The summed E-state index contributed by atoms with van der Waals surface area (Å²) in [7, 11) is 0. The number of thiazole rings is 1. The fourth-order valence-electron chi connectivity index (χ4n) is 2.31. The van der Waals surface area contributed by atoms with Crippen LogP contribution in [0.25, 0.3) is 10.3 Å². The third kappa shape index (κ3) is 3.52. The Morgan fingerprint density at radius 3 is 2.84 bits per heavy atom. The second kappa shape index (κ2) is 7.42. The van der Waals surface area contributed by atoms with E-state index >= 15 is 0 Å². The quantitative estimate of drug-likeness (QED) is 0.492. The van der Waals surface area contributed by atoms with Crippen LogP contribution in [0.2, 0.25) is 0 Å². The Morgan fingerprint density at radius 2 is 2.16 bits per heavy atom. The molecule has 0 aliphatic carbocycles. The van der Waals surface area contributed by atoms with Gasteiger partial charge in [0.2, 0.25) is 0 Å². The van der Waals surface area contributed by atoms with E-state index < -0.39 is 0 Å². The van der Waals surface area contributed by atoms with Crippen LogP contribution in [0.5, 0.6) is 5.75 Å². The average Bonchev–Trinajstić information content (AvgIpc) is 2.95. The number of allylic oxidation sites excluding steroid dienone is 1. The third-order valence-electron chi connectivity index (χ3n) is 3.54. The number of hydrogen-bond donors (Lipinski definition) is 0. The van der Waals surface area contributed by atoms with Gasteiger partial charge in [-0.3, -0.25) is 9.36 Å². The highest BCUT2D eigenvalue weighted by Crippen LogP contribution is 2.17. The van der Waals surface area contributed by atoms with Crippen molar-refractivity contribution in [2.24, 2.45) is 0 Å². The number of fused-ring (bicyclic) bond motifs is 1. The van der Waals surface area contributed by atoms with Crippen LogP contribution in [0.1, 0.15) is 5.56 Å². The summed E-state index contributed by atoms with van der Waals surface area (Å²) >= 11 is 6.55. The molecule has 2 aromatic heterocycles. The van der Waals surface area contributed by atoms with E-state index in [1.54, 1.807) is 34.9 Å². The van der Waals surface area contributed by atoms with Crippen molar-refractivity contribution in [1.29, 1.82) is 5.26 Å². The first-order valence-corrected chi connectivity index (χ1v) is 8.69. The lowest BCUT2D eigenvalue weighted by atomic mass is 10.2. The monoisotopic (exact) mass is 370 g/mol. The summed E-state index contributed by atoms with van der Waals surface area (Å²) in [6.07, 6.45) is 3.23. The van der Waals surface area contributed by atoms with Gasteiger partial charge in [-0.15, -0.1) is 6.58 Å². The minimum atomic E-state index is -0.132. The predicted octanol–water partition coefficient (Wildman–Crippen LogP) is 3.13. The topological polar surface area (TPSA) is 72.8 Å². The van der Waals surface area contributed by atoms with E-state index in [0.29, 0.717) is 45.3 Å². The molecule has 126 valence electrons. The maximum atomic E-state index is 12.6. The maximum absolute atomic E-state index is 12.6. The van der Waals surface area contributed by atoms with Crippen LogP contribution in [-0.2, 0) is 13.1 Å². The van der Waals surface area contributed by atoms with Crippen molar-refractivity contribution in [3.05, 3.63) is 63.1 Å². The number of nitrogens with zero attached hydrogens (tertiary/aromatic N) is 4. The van der Waals surface area contributed by atoms with E-state index in [1.807, 2.05) is 0 Å². The summed E-state index contributed by atoms with van der Waals surface area (Å²) in [4.78, 5) is 16.9. The van der Waals surface area contributed by atoms with Crippen molar-refractivity contribution in [3.8, 4) is 11.8 Å². The molecule has 0 amide bonds. The molecule has 25 heavy (non-hydrogen) atoms. The van der Waals surface area contributed by atoms with Gasteiger partial charge in [-0.1, -0.05) is 17.4 Å². The highest BCUT2D eigenvalue weighted by atomic mass is 32.1. The lowest BCUT2D eigenvalue weighted by Crippen LogP contribution is -2.23. The van der Waals surface area contributed by atoms with Crippen molar-refractivity contribution in [3.63, 3.8) is 0 Å². The molecule has 0 aliphatic rings. The van der Waals surface area contributed by atoms with Gasteiger partial charge in [-0.25, -0.2) is 4.98 Å². The first-order chi connectivity index (χ1) is 12.1. The molecule has 3 aromatic rings. The molecular weight excluding hydrogens is 356 g/mol. The first kappa shape index (κ1) is 17.1. The van der Waals surface area contributed by atoms with E-state index in [0.717, 1.165) is 0 Å². The normalized spacial score (nSPS) is 10.5. The lowest BCUT2D eigenvalue weighted by molar-refractivity contribution is 0.296. The minimum absolute atomic E-state index is 0.132. The van der Waals surface area contributed by atoms with Crippen molar-refractivity contribution in [2.45, 2.75) is 13.1 Å². The molecule has 0 atom stereocenters. The predicted molar refractivity (Wildman–Crippen MR) is 99.6 cm³/mol. The van der Waals surface area contributed by atoms with Gasteiger partial charge in [-0.05, 0) is 36.5 Å². The summed E-state index contributed by atoms with van der Waals surface area (Å²) in [5.74, 6) is 0.647. The van der Waals surface area contributed by atoms with Gasteiger partial charge in [0.05, 0.1) is 18.2 Å². The van der Waals surface area contributed by atoms with Crippen molar-refractivity contribution >= 4 is 33.9 Å². The molecule has 3 rings (SSSR count). The Hall–Kier alpha value is -2.76. The SMILES string of the molecule is C=CCn1c(=S)sc2c(=O)n(CCOc3ccc(C#N)cc3)cnc21. The van der Waals surface area contributed by atoms with Crippen LogP contribution in [0.15, 0.2) is 48.0 Å². The molecule has 1 aromatic carbocycles. The summed E-state index contributed by atoms with van der Waals surface area (Å²) in [6.45, 7) is 4.91. The summed E-state index contributed by atoms with van der Waals surface area (Å²) < 4.78 is 10.1. The van der Waals surface area contributed by atoms with E-state index in [4.69, 9.17) is 22.2 Å². The molecule has 8 heteroatoms. The zero-order chi connectivity index (χ0) is 17.8.